The summed E-state index contributed by atoms with van der Waals surface area (Å²) in [4.78, 5) is 21.0. The Kier molecular flexibility index (Phi) is 9.51. The summed E-state index contributed by atoms with van der Waals surface area (Å²) < 4.78 is 0.112. The summed E-state index contributed by atoms with van der Waals surface area (Å²) in [6.07, 6.45) is 8.06. The first kappa shape index (κ1) is 18.1. The van der Waals surface area contributed by atoms with Crippen LogP contribution in [0, 0.1) is 0 Å². The minimum atomic E-state index is -0.403. The fraction of sp³-hybridized carbons (Fsp3) is 0.538. The molecule has 4 N–H and O–H groups in total. The Balaban J connectivity index is 3.74. The van der Waals surface area contributed by atoms with Crippen LogP contribution in [0.1, 0.15) is 26.7 Å². The Bertz CT molecular complexity index is 321. The van der Waals surface area contributed by atoms with E-state index in [0.29, 0.717) is 0 Å². The third-order valence-corrected chi connectivity index (χ3v) is 5.01. The molecule has 6 heteroatoms. The summed E-state index contributed by atoms with van der Waals surface area (Å²) in [6.45, 7) is 4.33. The van der Waals surface area contributed by atoms with Crippen molar-refractivity contribution < 1.29 is 9.59 Å². The third-order valence-electron chi connectivity index (χ3n) is 2.03. The van der Waals surface area contributed by atoms with Crippen molar-refractivity contribution in [2.45, 2.75) is 30.8 Å². The largest absolute Gasteiger partial charge is 0.366 e. The monoisotopic (exact) mass is 302 g/mol. The topological polar surface area (TPSA) is 86.2 Å². The highest BCUT2D eigenvalue weighted by molar-refractivity contribution is 8.18. The van der Waals surface area contributed by atoms with Crippen molar-refractivity contribution in [2.24, 2.45) is 11.5 Å². The molecule has 0 radical (unpaired) electrons. The lowest BCUT2D eigenvalue weighted by molar-refractivity contribution is -0.114. The Morgan fingerprint density at radius 1 is 0.947 bits per heavy atom. The maximum Gasteiger partial charge on any atom is 0.241 e. The molecule has 19 heavy (non-hydrogen) atoms. The van der Waals surface area contributed by atoms with Crippen LogP contribution in [0.25, 0.3) is 0 Å². The first-order valence-electron chi connectivity index (χ1n) is 6.03. The van der Waals surface area contributed by atoms with Crippen molar-refractivity contribution in [3.63, 3.8) is 0 Å². The molecule has 0 bridgehead atoms. The molecule has 0 saturated heterocycles. The van der Waals surface area contributed by atoms with Gasteiger partial charge in [0.05, 0.1) is 4.08 Å². The smallest absolute Gasteiger partial charge is 0.241 e. The van der Waals surface area contributed by atoms with Gasteiger partial charge in [-0.05, 0) is 50.3 Å². The van der Waals surface area contributed by atoms with Crippen LogP contribution in [0.2, 0.25) is 0 Å². The van der Waals surface area contributed by atoms with Gasteiger partial charge in [0.15, 0.2) is 0 Å². The highest BCUT2D eigenvalue weighted by Crippen LogP contribution is 2.36. The molecular formula is C13H22N2O2S2. The molecule has 0 unspecified atom stereocenters. The molecule has 0 aliphatic heterocycles. The molecule has 0 aliphatic carbocycles. The average Bonchev–Trinajstić information content (AvgIpc) is 2.27. The molecule has 0 aliphatic rings. The van der Waals surface area contributed by atoms with Crippen molar-refractivity contribution in [3.05, 3.63) is 24.3 Å². The average molecular weight is 302 g/mol. The third kappa shape index (κ3) is 13.4. The van der Waals surface area contributed by atoms with Gasteiger partial charge in [-0.1, -0.05) is 12.2 Å². The molecule has 0 atom stereocenters. The van der Waals surface area contributed by atoms with Crippen molar-refractivity contribution in [3.8, 4) is 0 Å². The number of allylic oxidation sites excluding steroid dienone is 2. The van der Waals surface area contributed by atoms with Gasteiger partial charge in [-0.3, -0.25) is 9.59 Å². The van der Waals surface area contributed by atoms with Gasteiger partial charge in [0.25, 0.3) is 0 Å². The van der Waals surface area contributed by atoms with Crippen LogP contribution in [-0.2, 0) is 9.59 Å². The number of hydrogen-bond acceptors (Lipinski definition) is 4. The van der Waals surface area contributed by atoms with Crippen molar-refractivity contribution in [2.75, 3.05) is 11.5 Å². The van der Waals surface area contributed by atoms with Crippen LogP contribution in [0.5, 0.6) is 0 Å². The number of thioether (sulfide) groups is 2. The summed E-state index contributed by atoms with van der Waals surface area (Å²) in [5.74, 6) is 1.08. The zero-order chi connectivity index (χ0) is 14.7. The summed E-state index contributed by atoms with van der Waals surface area (Å²) in [5.41, 5.74) is 10.00. The summed E-state index contributed by atoms with van der Waals surface area (Å²) >= 11 is 3.68. The zero-order valence-electron chi connectivity index (χ0n) is 11.4. The highest BCUT2D eigenvalue weighted by Gasteiger charge is 2.17. The normalized spacial score (nSPS) is 12.3. The molecule has 0 heterocycles. The highest BCUT2D eigenvalue weighted by atomic mass is 32.2. The van der Waals surface area contributed by atoms with Crippen LogP contribution >= 0.6 is 23.5 Å². The van der Waals surface area contributed by atoms with Crippen LogP contribution < -0.4 is 11.5 Å². The summed E-state index contributed by atoms with van der Waals surface area (Å²) in [7, 11) is 0. The van der Waals surface area contributed by atoms with Crippen molar-refractivity contribution in [1.82, 2.24) is 0 Å². The lowest BCUT2D eigenvalue weighted by Crippen LogP contribution is -2.10. The SMILES string of the molecule is CC(C)(SCCC=CC(N)=O)SCCC=CC(N)=O. The van der Waals surface area contributed by atoms with Gasteiger partial charge in [0, 0.05) is 0 Å². The second kappa shape index (κ2) is 9.97. The standard InChI is InChI=1S/C13H22N2O2S2/c1-13(2,18-9-5-3-7-11(14)16)19-10-6-4-8-12(15)17/h3-4,7-8H,5-6,9-10H2,1-2H3,(H2,14,16)(H2,15,17). The van der Waals surface area contributed by atoms with Crippen molar-refractivity contribution in [1.29, 1.82) is 0 Å². The lowest BCUT2D eigenvalue weighted by Gasteiger charge is -2.22. The molecule has 0 aromatic rings. The second-order valence-corrected chi connectivity index (χ2v) is 7.98. The van der Waals surface area contributed by atoms with Crippen LogP contribution in [0.4, 0.5) is 0 Å². The molecule has 0 aromatic carbocycles. The number of amides is 2. The summed E-state index contributed by atoms with van der Waals surface area (Å²) in [6, 6.07) is 0. The zero-order valence-corrected chi connectivity index (χ0v) is 13.1. The Hall–Kier alpha value is -0.880. The molecule has 0 rings (SSSR count). The predicted octanol–water partition coefficient (Wildman–Crippen LogP) is 2.05. The molecule has 4 nitrogen and oxygen atoms in total. The van der Waals surface area contributed by atoms with E-state index in [1.54, 1.807) is 12.2 Å². The first-order valence-corrected chi connectivity index (χ1v) is 8.00. The van der Waals surface area contributed by atoms with Crippen LogP contribution in [0.3, 0.4) is 0 Å². The van der Waals surface area contributed by atoms with Gasteiger partial charge >= 0.3 is 0 Å². The van der Waals surface area contributed by atoms with E-state index < -0.39 is 11.8 Å². The van der Waals surface area contributed by atoms with E-state index in [0.717, 1.165) is 24.3 Å². The second-order valence-electron chi connectivity index (χ2n) is 4.28. The van der Waals surface area contributed by atoms with Gasteiger partial charge in [0.2, 0.25) is 11.8 Å². The molecule has 0 aromatic heterocycles. The van der Waals surface area contributed by atoms with E-state index in [4.69, 9.17) is 11.5 Å². The summed E-state index contributed by atoms with van der Waals surface area (Å²) in [5, 5.41) is 0. The number of hydrogen-bond donors (Lipinski definition) is 2. The van der Waals surface area contributed by atoms with Gasteiger partial charge < -0.3 is 11.5 Å². The van der Waals surface area contributed by atoms with Gasteiger partial charge in [0.1, 0.15) is 0 Å². The molecular weight excluding hydrogens is 280 g/mol. The molecule has 0 saturated carbocycles. The van der Waals surface area contributed by atoms with Crippen LogP contribution in [0.15, 0.2) is 24.3 Å². The van der Waals surface area contributed by atoms with Gasteiger partial charge in [-0.25, -0.2) is 0 Å². The fourth-order valence-electron chi connectivity index (χ4n) is 1.19. The Morgan fingerprint density at radius 3 is 1.63 bits per heavy atom. The van der Waals surface area contributed by atoms with E-state index >= 15 is 0 Å². The van der Waals surface area contributed by atoms with Crippen LogP contribution in [-0.4, -0.2) is 27.4 Å². The number of primary amides is 2. The number of carbonyl (C=O) groups excluding carboxylic acids is 2. The van der Waals surface area contributed by atoms with E-state index in [1.807, 2.05) is 23.5 Å². The minimum Gasteiger partial charge on any atom is -0.366 e. The number of carbonyl (C=O) groups is 2. The molecule has 108 valence electrons. The maximum atomic E-state index is 10.5. The maximum absolute atomic E-state index is 10.5. The molecule has 0 spiro atoms. The fourth-order valence-corrected chi connectivity index (χ4v) is 3.51. The van der Waals surface area contributed by atoms with E-state index in [-0.39, 0.29) is 4.08 Å². The van der Waals surface area contributed by atoms with E-state index in [2.05, 4.69) is 13.8 Å². The minimum absolute atomic E-state index is 0.112. The van der Waals surface area contributed by atoms with E-state index in [1.165, 1.54) is 12.2 Å². The molecule has 0 fully saturated rings. The lowest BCUT2D eigenvalue weighted by atomic mass is 10.4. The van der Waals surface area contributed by atoms with Gasteiger partial charge in [-0.2, -0.15) is 0 Å². The molecule has 2 amide bonds. The van der Waals surface area contributed by atoms with Gasteiger partial charge in [-0.15, -0.1) is 23.5 Å². The Labute approximate surface area is 123 Å². The first-order chi connectivity index (χ1) is 8.83. The predicted molar refractivity (Wildman–Crippen MR) is 84.9 cm³/mol. The number of rotatable bonds is 10. The Morgan fingerprint density at radius 2 is 1.32 bits per heavy atom. The quantitative estimate of drug-likeness (QED) is 0.367. The number of nitrogens with two attached hydrogens (primary N) is 2. The van der Waals surface area contributed by atoms with E-state index in [9.17, 15) is 9.59 Å². The van der Waals surface area contributed by atoms with Crippen molar-refractivity contribution >= 4 is 35.3 Å².